The van der Waals surface area contributed by atoms with Gasteiger partial charge in [0.05, 0.1) is 20.8 Å². The highest BCUT2D eigenvalue weighted by molar-refractivity contribution is 6.12. The second-order valence-electron chi connectivity index (χ2n) is 10.0. The predicted molar refractivity (Wildman–Crippen MR) is 147 cm³/mol. The molecule has 0 bridgehead atoms. The van der Waals surface area contributed by atoms with E-state index in [2.05, 4.69) is 62.9 Å². The molecule has 3 aromatic carbocycles. The van der Waals surface area contributed by atoms with Crippen molar-refractivity contribution in [2.75, 3.05) is 27.4 Å². The summed E-state index contributed by atoms with van der Waals surface area (Å²) in [6.45, 7) is 11.8. The fourth-order valence-electron chi connectivity index (χ4n) is 5.16. The summed E-state index contributed by atoms with van der Waals surface area (Å²) in [4.78, 5) is 2.62. The number of hydrogen-bond acceptors (Lipinski definition) is 4. The van der Waals surface area contributed by atoms with Gasteiger partial charge in [-0.25, -0.2) is 0 Å². The van der Waals surface area contributed by atoms with E-state index in [1.165, 1.54) is 58.4 Å². The molecule has 1 saturated carbocycles. The molecule has 1 heterocycles. The fourth-order valence-corrected chi connectivity index (χ4v) is 5.16. The van der Waals surface area contributed by atoms with E-state index in [0.29, 0.717) is 6.04 Å². The maximum atomic E-state index is 6.14. The number of fused-ring (bicyclic) bond motifs is 6. The minimum atomic E-state index is 0.576. The summed E-state index contributed by atoms with van der Waals surface area (Å²) < 4.78 is 17.5. The Hall–Kier alpha value is -2.46. The monoisotopic (exact) mass is 477 g/mol. The van der Waals surface area contributed by atoms with Crippen LogP contribution in [-0.2, 0) is 13.0 Å². The third kappa shape index (κ3) is 5.38. The van der Waals surface area contributed by atoms with Crippen molar-refractivity contribution in [3.63, 3.8) is 0 Å². The third-order valence-electron chi connectivity index (χ3n) is 7.70. The van der Waals surface area contributed by atoms with E-state index in [9.17, 15) is 0 Å². The lowest BCUT2D eigenvalue weighted by atomic mass is 9.84. The first-order valence-corrected chi connectivity index (χ1v) is 13.6. The van der Waals surface area contributed by atoms with Gasteiger partial charge < -0.3 is 14.2 Å². The molecule has 1 atom stereocenters. The SMILES string of the molecule is CCC1Cc2c(c3ccc(OCC4CC4)cc3c3cc(OC)c(OC)cc23)CN1CC.CCCC. The minimum Gasteiger partial charge on any atom is -0.493 e. The Labute approximate surface area is 211 Å². The van der Waals surface area contributed by atoms with Crippen molar-refractivity contribution in [2.24, 2.45) is 5.92 Å². The van der Waals surface area contributed by atoms with Crippen LogP contribution in [0.3, 0.4) is 0 Å². The van der Waals surface area contributed by atoms with Gasteiger partial charge in [-0.2, -0.15) is 0 Å². The normalized spacial score (nSPS) is 17.6. The summed E-state index contributed by atoms with van der Waals surface area (Å²) in [5, 5.41) is 5.09. The zero-order chi connectivity index (χ0) is 24.9. The summed E-state index contributed by atoms with van der Waals surface area (Å²) in [6, 6.07) is 11.6. The number of likely N-dealkylation sites (N-methyl/N-ethyl adjacent to an activating group) is 1. The van der Waals surface area contributed by atoms with E-state index in [-0.39, 0.29) is 0 Å². The lowest BCUT2D eigenvalue weighted by Gasteiger charge is -2.37. The number of nitrogens with zero attached hydrogens (tertiary/aromatic N) is 1. The topological polar surface area (TPSA) is 30.9 Å². The van der Waals surface area contributed by atoms with Crippen molar-refractivity contribution in [2.45, 2.75) is 78.8 Å². The molecule has 0 amide bonds. The number of ether oxygens (including phenoxy) is 3. The summed E-state index contributed by atoms with van der Waals surface area (Å²) in [7, 11) is 3.43. The standard InChI is InChI=1S/C27H33NO3.C4H10/c1-5-18-11-21-23-13-26(29-3)27(30-4)14-24(23)22-12-19(31-16-17-7-8-17)9-10-20(22)25(21)15-28(18)6-2;1-3-4-2/h9-10,12-14,17-18H,5-8,11,15-16H2,1-4H3;3-4H2,1-2H3. The molecular weight excluding hydrogens is 434 g/mol. The van der Waals surface area contributed by atoms with Crippen LogP contribution in [0.25, 0.3) is 21.5 Å². The lowest BCUT2D eigenvalue weighted by molar-refractivity contribution is 0.178. The average Bonchev–Trinajstić information content (AvgIpc) is 3.75. The van der Waals surface area contributed by atoms with E-state index in [1.807, 2.05) is 0 Å². The molecule has 35 heavy (non-hydrogen) atoms. The van der Waals surface area contributed by atoms with Gasteiger partial charge in [-0.3, -0.25) is 4.90 Å². The number of rotatable bonds is 8. The Morgan fingerprint density at radius 1 is 0.800 bits per heavy atom. The highest BCUT2D eigenvalue weighted by Crippen LogP contribution is 2.43. The molecular formula is C31H43NO3. The molecule has 190 valence electrons. The van der Waals surface area contributed by atoms with Gasteiger partial charge in [-0.15, -0.1) is 0 Å². The minimum absolute atomic E-state index is 0.576. The Morgan fingerprint density at radius 3 is 2.03 bits per heavy atom. The number of unbranched alkanes of at least 4 members (excludes halogenated alkanes) is 1. The van der Waals surface area contributed by atoms with Gasteiger partial charge in [-0.1, -0.05) is 46.6 Å². The second-order valence-corrected chi connectivity index (χ2v) is 10.0. The quantitative estimate of drug-likeness (QED) is 0.310. The van der Waals surface area contributed by atoms with Gasteiger partial charge in [0.1, 0.15) is 5.75 Å². The Bertz CT molecular complexity index is 1150. The molecule has 3 aromatic rings. The predicted octanol–water partition coefficient (Wildman–Crippen LogP) is 7.76. The Morgan fingerprint density at radius 2 is 1.46 bits per heavy atom. The van der Waals surface area contributed by atoms with Crippen molar-refractivity contribution in [3.05, 3.63) is 41.5 Å². The molecule has 1 unspecified atom stereocenters. The van der Waals surface area contributed by atoms with Crippen LogP contribution in [0.1, 0.15) is 70.9 Å². The van der Waals surface area contributed by atoms with Crippen molar-refractivity contribution in [1.82, 2.24) is 4.90 Å². The first-order chi connectivity index (χ1) is 17.1. The van der Waals surface area contributed by atoms with Crippen LogP contribution in [0.4, 0.5) is 0 Å². The molecule has 1 aliphatic heterocycles. The molecule has 0 aromatic heterocycles. The molecule has 0 radical (unpaired) electrons. The summed E-state index contributed by atoms with van der Waals surface area (Å²) in [6.07, 6.45) is 7.47. The molecule has 0 saturated heterocycles. The maximum absolute atomic E-state index is 6.14. The van der Waals surface area contributed by atoms with Crippen molar-refractivity contribution in [3.8, 4) is 17.2 Å². The maximum Gasteiger partial charge on any atom is 0.161 e. The zero-order valence-corrected chi connectivity index (χ0v) is 22.6. The van der Waals surface area contributed by atoms with Gasteiger partial charge in [0.15, 0.2) is 11.5 Å². The van der Waals surface area contributed by atoms with Crippen LogP contribution in [0.15, 0.2) is 30.3 Å². The van der Waals surface area contributed by atoms with Crippen molar-refractivity contribution < 1.29 is 14.2 Å². The molecule has 0 spiro atoms. The van der Waals surface area contributed by atoms with E-state index < -0.39 is 0 Å². The van der Waals surface area contributed by atoms with Crippen molar-refractivity contribution in [1.29, 1.82) is 0 Å². The van der Waals surface area contributed by atoms with Gasteiger partial charge in [0, 0.05) is 12.6 Å². The van der Waals surface area contributed by atoms with Gasteiger partial charge >= 0.3 is 0 Å². The average molecular weight is 478 g/mol. The third-order valence-corrected chi connectivity index (χ3v) is 7.70. The van der Waals surface area contributed by atoms with Crippen LogP contribution >= 0.6 is 0 Å². The van der Waals surface area contributed by atoms with Gasteiger partial charge in [-0.05, 0) is 95.1 Å². The van der Waals surface area contributed by atoms with Gasteiger partial charge in [0.2, 0.25) is 0 Å². The van der Waals surface area contributed by atoms with Crippen LogP contribution < -0.4 is 14.2 Å². The Balaban J connectivity index is 0.000000672. The Kier molecular flexibility index (Phi) is 8.43. The summed E-state index contributed by atoms with van der Waals surface area (Å²) in [5.74, 6) is 3.27. The number of benzene rings is 3. The molecule has 4 nitrogen and oxygen atoms in total. The molecule has 0 N–H and O–H groups in total. The molecule has 5 rings (SSSR count). The smallest absolute Gasteiger partial charge is 0.161 e. The first kappa shape index (κ1) is 25.6. The highest BCUT2D eigenvalue weighted by Gasteiger charge is 2.28. The summed E-state index contributed by atoms with van der Waals surface area (Å²) >= 11 is 0. The summed E-state index contributed by atoms with van der Waals surface area (Å²) in [5.41, 5.74) is 2.92. The van der Waals surface area contributed by atoms with Crippen LogP contribution in [0.5, 0.6) is 17.2 Å². The molecule has 1 fully saturated rings. The number of hydrogen-bond donors (Lipinski definition) is 0. The van der Waals surface area contributed by atoms with Crippen LogP contribution in [0.2, 0.25) is 0 Å². The van der Waals surface area contributed by atoms with Crippen LogP contribution in [-0.4, -0.2) is 38.3 Å². The van der Waals surface area contributed by atoms with E-state index in [0.717, 1.165) is 55.7 Å². The van der Waals surface area contributed by atoms with E-state index >= 15 is 0 Å². The highest BCUT2D eigenvalue weighted by atomic mass is 16.5. The number of methoxy groups -OCH3 is 2. The van der Waals surface area contributed by atoms with E-state index in [1.54, 1.807) is 14.2 Å². The van der Waals surface area contributed by atoms with Crippen LogP contribution in [0, 0.1) is 5.92 Å². The molecule has 4 heteroatoms. The second kappa shape index (κ2) is 11.5. The first-order valence-electron chi connectivity index (χ1n) is 13.6. The lowest BCUT2D eigenvalue weighted by Crippen LogP contribution is -2.39. The zero-order valence-electron chi connectivity index (χ0n) is 22.6. The van der Waals surface area contributed by atoms with Crippen molar-refractivity contribution >= 4 is 21.5 Å². The van der Waals surface area contributed by atoms with Gasteiger partial charge in [0.25, 0.3) is 0 Å². The fraction of sp³-hybridized carbons (Fsp3) is 0.548. The van der Waals surface area contributed by atoms with E-state index in [4.69, 9.17) is 14.2 Å². The molecule has 2 aliphatic rings. The largest absolute Gasteiger partial charge is 0.493 e. The molecule has 1 aliphatic carbocycles.